The van der Waals surface area contributed by atoms with E-state index in [9.17, 15) is 9.59 Å². The van der Waals surface area contributed by atoms with Gasteiger partial charge in [-0.15, -0.1) is 0 Å². The SMILES string of the molecule is COCCN(CCOC)C1=C(c2ccc(C)c(C)c2)C(=O)N(c2ccc(OC)cc2)C1=O. The van der Waals surface area contributed by atoms with Crippen LogP contribution in [-0.4, -0.2) is 64.3 Å². The van der Waals surface area contributed by atoms with Crippen molar-refractivity contribution in [2.24, 2.45) is 0 Å². The van der Waals surface area contributed by atoms with Gasteiger partial charge in [0.25, 0.3) is 11.8 Å². The number of methoxy groups -OCH3 is 3. The highest BCUT2D eigenvalue weighted by molar-refractivity contribution is 6.45. The van der Waals surface area contributed by atoms with Gasteiger partial charge in [-0.2, -0.15) is 0 Å². The van der Waals surface area contributed by atoms with Crippen molar-refractivity contribution in [2.75, 3.05) is 52.5 Å². The van der Waals surface area contributed by atoms with Gasteiger partial charge in [-0.1, -0.05) is 18.2 Å². The number of ether oxygens (including phenoxy) is 3. The van der Waals surface area contributed by atoms with Gasteiger partial charge in [-0.3, -0.25) is 9.59 Å². The van der Waals surface area contributed by atoms with E-state index in [1.54, 1.807) is 45.6 Å². The number of anilines is 1. The van der Waals surface area contributed by atoms with E-state index < -0.39 is 0 Å². The number of carbonyl (C=O) groups is 2. The lowest BCUT2D eigenvalue weighted by molar-refractivity contribution is -0.120. The minimum absolute atomic E-state index is 0.349. The van der Waals surface area contributed by atoms with Crippen molar-refractivity contribution in [1.82, 2.24) is 4.90 Å². The summed E-state index contributed by atoms with van der Waals surface area (Å²) in [4.78, 5) is 30.4. The first kappa shape index (κ1) is 23.5. The van der Waals surface area contributed by atoms with E-state index in [2.05, 4.69) is 0 Å². The van der Waals surface area contributed by atoms with E-state index >= 15 is 0 Å². The second-order valence-electron chi connectivity index (χ2n) is 7.64. The van der Waals surface area contributed by atoms with Gasteiger partial charge in [0.1, 0.15) is 11.4 Å². The molecule has 0 aromatic heterocycles. The van der Waals surface area contributed by atoms with Gasteiger partial charge in [-0.05, 0) is 54.8 Å². The van der Waals surface area contributed by atoms with Crippen LogP contribution in [0.25, 0.3) is 5.57 Å². The Morgan fingerprint density at radius 2 is 1.44 bits per heavy atom. The smallest absolute Gasteiger partial charge is 0.282 e. The van der Waals surface area contributed by atoms with Crippen molar-refractivity contribution >= 4 is 23.1 Å². The molecule has 0 radical (unpaired) electrons. The van der Waals surface area contributed by atoms with Gasteiger partial charge < -0.3 is 19.1 Å². The van der Waals surface area contributed by atoms with E-state index in [1.807, 2.05) is 36.9 Å². The molecule has 0 spiro atoms. The average Bonchev–Trinajstić information content (AvgIpc) is 3.06. The zero-order valence-electron chi connectivity index (χ0n) is 19.3. The summed E-state index contributed by atoms with van der Waals surface area (Å²) in [5.41, 5.74) is 4.14. The van der Waals surface area contributed by atoms with Gasteiger partial charge in [0, 0.05) is 27.3 Å². The fourth-order valence-electron chi connectivity index (χ4n) is 3.67. The highest BCUT2D eigenvalue weighted by Crippen LogP contribution is 2.35. The van der Waals surface area contributed by atoms with Crippen LogP contribution in [0, 0.1) is 13.8 Å². The molecule has 0 unspecified atom stereocenters. The fourth-order valence-corrected chi connectivity index (χ4v) is 3.67. The van der Waals surface area contributed by atoms with Crippen LogP contribution in [0.2, 0.25) is 0 Å². The summed E-state index contributed by atoms with van der Waals surface area (Å²) in [5.74, 6) is -0.0592. The molecule has 0 bridgehead atoms. The molecule has 0 fully saturated rings. The number of aryl methyl sites for hydroxylation is 2. The summed E-state index contributed by atoms with van der Waals surface area (Å²) < 4.78 is 15.7. The lowest BCUT2D eigenvalue weighted by Gasteiger charge is -2.25. The van der Waals surface area contributed by atoms with Crippen molar-refractivity contribution in [3.8, 4) is 5.75 Å². The molecule has 0 N–H and O–H groups in total. The largest absolute Gasteiger partial charge is 0.497 e. The summed E-state index contributed by atoms with van der Waals surface area (Å²) in [5, 5.41) is 0. The third kappa shape index (κ3) is 4.69. The quantitative estimate of drug-likeness (QED) is 0.531. The summed E-state index contributed by atoms with van der Waals surface area (Å²) in [7, 11) is 4.79. The highest BCUT2D eigenvalue weighted by atomic mass is 16.5. The molecule has 32 heavy (non-hydrogen) atoms. The topological polar surface area (TPSA) is 68.3 Å². The zero-order valence-corrected chi connectivity index (χ0v) is 19.3. The van der Waals surface area contributed by atoms with Crippen LogP contribution in [0.15, 0.2) is 48.2 Å². The second kappa shape index (κ2) is 10.4. The molecule has 0 saturated heterocycles. The molecular weight excluding hydrogens is 408 g/mol. The van der Waals surface area contributed by atoms with Crippen LogP contribution in [-0.2, 0) is 19.1 Å². The summed E-state index contributed by atoms with van der Waals surface area (Å²) in [6, 6.07) is 12.7. The molecule has 3 rings (SSSR count). The van der Waals surface area contributed by atoms with E-state index in [4.69, 9.17) is 14.2 Å². The first-order chi connectivity index (χ1) is 15.4. The van der Waals surface area contributed by atoms with Gasteiger partial charge in [0.2, 0.25) is 0 Å². The zero-order chi connectivity index (χ0) is 23.3. The van der Waals surface area contributed by atoms with Gasteiger partial charge in [0.15, 0.2) is 0 Å². The molecule has 1 heterocycles. The van der Waals surface area contributed by atoms with E-state index in [0.29, 0.717) is 49.0 Å². The normalized spacial score (nSPS) is 13.8. The molecule has 2 aromatic carbocycles. The number of rotatable bonds is 10. The highest BCUT2D eigenvalue weighted by Gasteiger charge is 2.42. The van der Waals surface area contributed by atoms with Crippen molar-refractivity contribution < 1.29 is 23.8 Å². The Hall–Kier alpha value is -3.16. The third-order valence-corrected chi connectivity index (χ3v) is 5.63. The van der Waals surface area contributed by atoms with E-state index in [-0.39, 0.29) is 11.8 Å². The standard InChI is InChI=1S/C25H30N2O5/c1-17-6-7-19(16-18(17)2)22-23(26(12-14-30-3)13-15-31-4)25(29)27(24(22)28)20-8-10-21(32-5)11-9-20/h6-11,16H,12-15H2,1-5H3. The molecule has 0 atom stereocenters. The van der Waals surface area contributed by atoms with Gasteiger partial charge in [0.05, 0.1) is 31.6 Å². The molecular formula is C25H30N2O5. The molecule has 0 saturated carbocycles. The van der Waals surface area contributed by atoms with E-state index in [1.165, 1.54) is 4.90 Å². The summed E-state index contributed by atoms with van der Waals surface area (Å²) in [6.45, 7) is 5.76. The molecule has 1 aliphatic rings. The Morgan fingerprint density at radius 1 is 0.812 bits per heavy atom. The second-order valence-corrected chi connectivity index (χ2v) is 7.64. The summed E-state index contributed by atoms with van der Waals surface area (Å²) in [6.07, 6.45) is 0. The fraction of sp³-hybridized carbons (Fsp3) is 0.360. The lowest BCUT2D eigenvalue weighted by atomic mass is 9.99. The number of carbonyl (C=O) groups excluding carboxylic acids is 2. The molecule has 7 nitrogen and oxygen atoms in total. The first-order valence-corrected chi connectivity index (χ1v) is 10.5. The number of hydrogen-bond acceptors (Lipinski definition) is 6. The molecule has 2 aromatic rings. The Labute approximate surface area is 189 Å². The van der Waals surface area contributed by atoms with Crippen molar-refractivity contribution in [2.45, 2.75) is 13.8 Å². The van der Waals surface area contributed by atoms with Crippen molar-refractivity contribution in [1.29, 1.82) is 0 Å². The van der Waals surface area contributed by atoms with Crippen LogP contribution < -0.4 is 9.64 Å². The van der Waals surface area contributed by atoms with Crippen molar-refractivity contribution in [3.63, 3.8) is 0 Å². The molecule has 0 aliphatic carbocycles. The molecule has 7 heteroatoms. The third-order valence-electron chi connectivity index (χ3n) is 5.63. The Morgan fingerprint density at radius 3 is 1.97 bits per heavy atom. The van der Waals surface area contributed by atoms with Crippen LogP contribution >= 0.6 is 0 Å². The van der Waals surface area contributed by atoms with E-state index in [0.717, 1.165) is 16.7 Å². The van der Waals surface area contributed by atoms with Gasteiger partial charge in [-0.25, -0.2) is 4.90 Å². The van der Waals surface area contributed by atoms with Gasteiger partial charge >= 0.3 is 0 Å². The van der Waals surface area contributed by atoms with Crippen LogP contribution in [0.5, 0.6) is 5.75 Å². The molecule has 170 valence electrons. The number of imide groups is 1. The maximum atomic E-state index is 13.7. The molecule has 1 aliphatic heterocycles. The number of nitrogens with zero attached hydrogens (tertiary/aromatic N) is 2. The Kier molecular flexibility index (Phi) is 7.66. The maximum Gasteiger partial charge on any atom is 0.282 e. The lowest BCUT2D eigenvalue weighted by Crippen LogP contribution is -2.37. The van der Waals surface area contributed by atoms with Crippen LogP contribution in [0.1, 0.15) is 16.7 Å². The Bertz CT molecular complexity index is 1010. The van der Waals surface area contributed by atoms with Crippen molar-refractivity contribution in [3.05, 3.63) is 64.9 Å². The monoisotopic (exact) mass is 438 g/mol. The number of amides is 2. The predicted octanol–water partition coefficient (Wildman–Crippen LogP) is 3.19. The Balaban J connectivity index is 2.13. The van der Waals surface area contributed by atoms with Crippen LogP contribution in [0.3, 0.4) is 0 Å². The maximum absolute atomic E-state index is 13.7. The number of hydrogen-bond donors (Lipinski definition) is 0. The predicted molar refractivity (Wildman–Crippen MR) is 124 cm³/mol. The van der Waals surface area contributed by atoms with Crippen LogP contribution in [0.4, 0.5) is 5.69 Å². The number of benzene rings is 2. The minimum atomic E-state index is -0.361. The average molecular weight is 439 g/mol. The summed E-state index contributed by atoms with van der Waals surface area (Å²) >= 11 is 0. The minimum Gasteiger partial charge on any atom is -0.497 e. The molecule has 2 amide bonds. The first-order valence-electron chi connectivity index (χ1n) is 10.5.